The second-order valence-electron chi connectivity index (χ2n) is 6.09. The normalized spacial score (nSPS) is 29.3. The molecule has 1 aliphatic carbocycles. The first-order valence-electron chi connectivity index (χ1n) is 7.76. The minimum Gasteiger partial charge on any atom is -0.342 e. The fourth-order valence-corrected chi connectivity index (χ4v) is 3.32. The Hall–Kier alpha value is -0.570. The van der Waals surface area contributed by atoms with E-state index in [4.69, 9.17) is 0 Å². The average Bonchev–Trinajstić information content (AvgIpc) is 2.42. The predicted octanol–water partition coefficient (Wildman–Crippen LogP) is 2.41. The highest BCUT2D eigenvalue weighted by molar-refractivity contribution is 5.78. The molecule has 0 aromatic rings. The van der Waals surface area contributed by atoms with Crippen LogP contribution in [0.4, 0.5) is 0 Å². The number of hydrogen-bond donors (Lipinski definition) is 1. The van der Waals surface area contributed by atoms with Gasteiger partial charge >= 0.3 is 0 Å². The molecule has 1 aliphatic heterocycles. The van der Waals surface area contributed by atoms with Crippen molar-refractivity contribution in [3.8, 4) is 0 Å². The highest BCUT2D eigenvalue weighted by Gasteiger charge is 2.21. The molecular weight excluding hydrogens is 224 g/mol. The zero-order valence-corrected chi connectivity index (χ0v) is 11.8. The summed E-state index contributed by atoms with van der Waals surface area (Å²) in [4.78, 5) is 14.0. The van der Waals surface area contributed by atoms with Crippen LogP contribution in [0.3, 0.4) is 0 Å². The van der Waals surface area contributed by atoms with E-state index in [1.165, 1.54) is 44.9 Å². The summed E-state index contributed by atoms with van der Waals surface area (Å²) in [5.74, 6) is 1.92. The van der Waals surface area contributed by atoms with Crippen molar-refractivity contribution in [2.75, 3.05) is 26.2 Å². The third-order valence-corrected chi connectivity index (χ3v) is 4.68. The summed E-state index contributed by atoms with van der Waals surface area (Å²) in [5.41, 5.74) is 0. The Morgan fingerprint density at radius 1 is 1.11 bits per heavy atom. The number of hydrogen-bond acceptors (Lipinski definition) is 2. The summed E-state index contributed by atoms with van der Waals surface area (Å²) in [7, 11) is 0. The van der Waals surface area contributed by atoms with Gasteiger partial charge in [-0.05, 0) is 44.1 Å². The third kappa shape index (κ3) is 3.98. The molecule has 1 N–H and O–H groups in total. The highest BCUT2D eigenvalue weighted by Crippen LogP contribution is 2.28. The molecule has 2 aliphatic rings. The van der Waals surface area contributed by atoms with Crippen molar-refractivity contribution in [2.24, 2.45) is 11.8 Å². The van der Waals surface area contributed by atoms with E-state index in [0.29, 0.717) is 12.5 Å². The molecule has 0 bridgehead atoms. The van der Waals surface area contributed by atoms with E-state index in [2.05, 4.69) is 12.2 Å². The van der Waals surface area contributed by atoms with Crippen molar-refractivity contribution >= 4 is 5.91 Å². The van der Waals surface area contributed by atoms with Crippen molar-refractivity contribution in [3.63, 3.8) is 0 Å². The van der Waals surface area contributed by atoms with Gasteiger partial charge in [-0.1, -0.05) is 26.2 Å². The molecule has 1 heterocycles. The van der Waals surface area contributed by atoms with Crippen LogP contribution in [0.15, 0.2) is 0 Å². The largest absolute Gasteiger partial charge is 0.342 e. The lowest BCUT2D eigenvalue weighted by Gasteiger charge is -2.30. The van der Waals surface area contributed by atoms with Crippen LogP contribution >= 0.6 is 0 Å². The Kier molecular flexibility index (Phi) is 5.48. The second-order valence-corrected chi connectivity index (χ2v) is 6.09. The van der Waals surface area contributed by atoms with Crippen LogP contribution in [-0.4, -0.2) is 37.0 Å². The molecular formula is C15H28N2O. The average molecular weight is 252 g/mol. The number of likely N-dealkylation sites (tertiary alicyclic amines) is 1. The lowest BCUT2D eigenvalue weighted by molar-refractivity contribution is -0.131. The zero-order valence-electron chi connectivity index (χ0n) is 11.8. The summed E-state index contributed by atoms with van der Waals surface area (Å²) < 4.78 is 0. The van der Waals surface area contributed by atoms with Gasteiger partial charge in [-0.2, -0.15) is 0 Å². The summed E-state index contributed by atoms with van der Waals surface area (Å²) >= 11 is 0. The smallest absolute Gasteiger partial charge is 0.236 e. The predicted molar refractivity (Wildman–Crippen MR) is 74.4 cm³/mol. The molecule has 104 valence electrons. The maximum absolute atomic E-state index is 12.0. The molecule has 2 fully saturated rings. The first-order chi connectivity index (χ1) is 8.77. The van der Waals surface area contributed by atoms with Crippen molar-refractivity contribution in [1.29, 1.82) is 0 Å². The third-order valence-electron chi connectivity index (χ3n) is 4.68. The van der Waals surface area contributed by atoms with Crippen LogP contribution in [-0.2, 0) is 4.79 Å². The van der Waals surface area contributed by atoms with E-state index >= 15 is 0 Å². The number of nitrogens with zero attached hydrogens (tertiary/aromatic N) is 1. The van der Waals surface area contributed by atoms with Gasteiger partial charge in [-0.3, -0.25) is 4.79 Å². The van der Waals surface area contributed by atoms with Crippen molar-refractivity contribution < 1.29 is 4.79 Å². The minimum atomic E-state index is 0.304. The summed E-state index contributed by atoms with van der Waals surface area (Å²) in [6.45, 7) is 5.88. The number of carbonyl (C=O) groups excluding carboxylic acids is 1. The van der Waals surface area contributed by atoms with Gasteiger partial charge in [0.1, 0.15) is 0 Å². The van der Waals surface area contributed by atoms with Gasteiger partial charge in [0.15, 0.2) is 0 Å². The molecule has 3 nitrogen and oxygen atoms in total. The Morgan fingerprint density at radius 3 is 2.56 bits per heavy atom. The molecule has 2 rings (SSSR count). The summed E-state index contributed by atoms with van der Waals surface area (Å²) in [6, 6.07) is 0. The lowest BCUT2D eigenvalue weighted by atomic mass is 9.80. The Morgan fingerprint density at radius 2 is 1.83 bits per heavy atom. The van der Waals surface area contributed by atoms with Gasteiger partial charge in [0.2, 0.25) is 5.91 Å². The maximum atomic E-state index is 12.0. The van der Waals surface area contributed by atoms with E-state index < -0.39 is 0 Å². The molecule has 0 spiro atoms. The van der Waals surface area contributed by atoms with Crippen molar-refractivity contribution in [2.45, 2.75) is 51.9 Å². The van der Waals surface area contributed by atoms with Gasteiger partial charge in [0.25, 0.3) is 0 Å². The first-order valence-corrected chi connectivity index (χ1v) is 7.76. The molecule has 2 atom stereocenters. The Balaban J connectivity index is 1.63. The highest BCUT2D eigenvalue weighted by atomic mass is 16.2. The molecule has 0 aromatic carbocycles. The summed E-state index contributed by atoms with van der Waals surface area (Å²) in [5, 5.41) is 3.39. The van der Waals surface area contributed by atoms with Gasteiger partial charge in [0, 0.05) is 13.1 Å². The minimum absolute atomic E-state index is 0.304. The first kappa shape index (κ1) is 13.9. The van der Waals surface area contributed by atoms with E-state index in [0.717, 1.165) is 31.5 Å². The van der Waals surface area contributed by atoms with Crippen molar-refractivity contribution in [3.05, 3.63) is 0 Å². The quantitative estimate of drug-likeness (QED) is 0.833. The van der Waals surface area contributed by atoms with Crippen LogP contribution in [0.5, 0.6) is 0 Å². The van der Waals surface area contributed by atoms with Crippen LogP contribution < -0.4 is 5.32 Å². The molecule has 1 saturated heterocycles. The fraction of sp³-hybridized carbons (Fsp3) is 0.933. The van der Waals surface area contributed by atoms with E-state index in [9.17, 15) is 4.79 Å². The number of rotatable bonds is 4. The van der Waals surface area contributed by atoms with Crippen molar-refractivity contribution in [1.82, 2.24) is 10.2 Å². The maximum Gasteiger partial charge on any atom is 0.236 e. The molecule has 18 heavy (non-hydrogen) atoms. The number of amides is 1. The molecule has 0 radical (unpaired) electrons. The second kappa shape index (κ2) is 7.13. The van der Waals surface area contributed by atoms with Gasteiger partial charge in [-0.15, -0.1) is 0 Å². The zero-order chi connectivity index (χ0) is 12.8. The van der Waals surface area contributed by atoms with Crippen LogP contribution in [0.1, 0.15) is 51.9 Å². The molecule has 1 amide bonds. The topological polar surface area (TPSA) is 32.3 Å². The van der Waals surface area contributed by atoms with Gasteiger partial charge in [0.05, 0.1) is 6.54 Å². The van der Waals surface area contributed by atoms with E-state index in [1.807, 2.05) is 4.90 Å². The number of nitrogens with one attached hydrogen (secondary N) is 1. The SMILES string of the molecule is CC1CCCCC1CNCC(=O)N1CCCCC1. The van der Waals surface area contributed by atoms with Crippen LogP contribution in [0, 0.1) is 11.8 Å². The Bertz CT molecular complexity index is 261. The molecule has 0 aromatic heterocycles. The summed E-state index contributed by atoms with van der Waals surface area (Å²) in [6.07, 6.45) is 9.13. The van der Waals surface area contributed by atoms with Crippen LogP contribution in [0.2, 0.25) is 0 Å². The lowest BCUT2D eigenvalue weighted by Crippen LogP contribution is -2.42. The molecule has 1 saturated carbocycles. The Labute approximate surface area is 111 Å². The standard InChI is InChI=1S/C15H28N2O/c1-13-7-3-4-8-14(13)11-16-12-15(18)17-9-5-2-6-10-17/h13-14,16H,2-12H2,1H3. The molecule has 3 heteroatoms. The number of piperidine rings is 1. The number of carbonyl (C=O) groups is 1. The van der Waals surface area contributed by atoms with Gasteiger partial charge in [-0.25, -0.2) is 0 Å². The fourth-order valence-electron chi connectivity index (χ4n) is 3.32. The monoisotopic (exact) mass is 252 g/mol. The molecule has 2 unspecified atom stereocenters. The van der Waals surface area contributed by atoms with E-state index in [1.54, 1.807) is 0 Å². The van der Waals surface area contributed by atoms with Gasteiger partial charge < -0.3 is 10.2 Å². The van der Waals surface area contributed by atoms with E-state index in [-0.39, 0.29) is 0 Å². The van der Waals surface area contributed by atoms with Crippen LogP contribution in [0.25, 0.3) is 0 Å².